The topological polar surface area (TPSA) is 70.8 Å². The number of nitrogens with one attached hydrogen (secondary N) is 1. The fraction of sp³-hybridized carbons (Fsp3) is 0.615. The fourth-order valence-electron chi connectivity index (χ4n) is 2.79. The lowest BCUT2D eigenvalue weighted by Crippen LogP contribution is -2.34. The van der Waals surface area contributed by atoms with Crippen LogP contribution >= 0.6 is 0 Å². The van der Waals surface area contributed by atoms with E-state index in [0.29, 0.717) is 5.92 Å². The van der Waals surface area contributed by atoms with Crippen molar-refractivity contribution in [2.45, 2.75) is 39.2 Å². The second kappa shape index (κ2) is 5.13. The first-order valence-electron chi connectivity index (χ1n) is 6.73. The second-order valence-electron chi connectivity index (χ2n) is 5.25. The Morgan fingerprint density at radius 1 is 1.47 bits per heavy atom. The van der Waals surface area contributed by atoms with Crippen LogP contribution < -0.4 is 0 Å². The molecule has 0 amide bonds. The number of rotatable bonds is 3. The van der Waals surface area contributed by atoms with Crippen LogP contribution in [0.15, 0.2) is 10.9 Å². The molecule has 0 unspecified atom stereocenters. The van der Waals surface area contributed by atoms with E-state index >= 15 is 0 Å². The van der Waals surface area contributed by atoms with Gasteiger partial charge in [0, 0.05) is 24.6 Å². The van der Waals surface area contributed by atoms with Crippen LogP contribution in [0.3, 0.4) is 0 Å². The summed E-state index contributed by atoms with van der Waals surface area (Å²) in [4.78, 5) is 6.73. The normalized spacial score (nSPS) is 20.8. The van der Waals surface area contributed by atoms with Gasteiger partial charge in [0.25, 0.3) is 0 Å². The second-order valence-corrected chi connectivity index (χ2v) is 5.25. The molecule has 6 nitrogen and oxygen atoms in total. The molecule has 0 spiro atoms. The van der Waals surface area contributed by atoms with E-state index in [0.717, 1.165) is 36.9 Å². The van der Waals surface area contributed by atoms with Gasteiger partial charge >= 0.3 is 0 Å². The van der Waals surface area contributed by atoms with Gasteiger partial charge < -0.3 is 4.52 Å². The predicted molar refractivity (Wildman–Crippen MR) is 69.6 cm³/mol. The smallest absolute Gasteiger partial charge is 0.138 e. The van der Waals surface area contributed by atoms with Crippen molar-refractivity contribution in [1.29, 1.82) is 0 Å². The highest BCUT2D eigenvalue weighted by atomic mass is 16.5. The van der Waals surface area contributed by atoms with E-state index in [4.69, 9.17) is 4.52 Å². The average Bonchev–Trinajstić information content (AvgIpc) is 3.05. The third kappa shape index (κ3) is 2.53. The number of aromatic nitrogens is 4. The Bertz CT molecular complexity index is 514. The van der Waals surface area contributed by atoms with Gasteiger partial charge in [-0.05, 0) is 33.2 Å². The van der Waals surface area contributed by atoms with Crippen LogP contribution in [0.5, 0.6) is 0 Å². The van der Waals surface area contributed by atoms with Crippen LogP contribution in [0, 0.1) is 13.8 Å². The molecule has 2 aromatic heterocycles. The Balaban J connectivity index is 1.69. The summed E-state index contributed by atoms with van der Waals surface area (Å²) in [6.07, 6.45) is 3.95. The summed E-state index contributed by atoms with van der Waals surface area (Å²) in [5, 5.41) is 11.0. The highest BCUT2D eigenvalue weighted by Crippen LogP contribution is 2.26. The van der Waals surface area contributed by atoms with Crippen LogP contribution in [0.4, 0.5) is 0 Å². The average molecular weight is 261 g/mol. The molecular formula is C13H19N5O. The van der Waals surface area contributed by atoms with Crippen molar-refractivity contribution in [3.05, 3.63) is 29.2 Å². The lowest BCUT2D eigenvalue weighted by molar-refractivity contribution is 0.195. The monoisotopic (exact) mass is 261 g/mol. The van der Waals surface area contributed by atoms with Gasteiger partial charge in [0.05, 0.1) is 5.69 Å². The van der Waals surface area contributed by atoms with Crippen LogP contribution in [-0.2, 0) is 6.54 Å². The van der Waals surface area contributed by atoms with E-state index in [-0.39, 0.29) is 0 Å². The molecule has 0 saturated carbocycles. The lowest BCUT2D eigenvalue weighted by Gasteiger charge is -2.31. The minimum Gasteiger partial charge on any atom is -0.361 e. The Labute approximate surface area is 112 Å². The lowest BCUT2D eigenvalue weighted by atomic mass is 9.97. The molecule has 6 heteroatoms. The minimum absolute atomic E-state index is 0.455. The van der Waals surface area contributed by atoms with Gasteiger partial charge in [0.2, 0.25) is 0 Å². The zero-order valence-electron chi connectivity index (χ0n) is 11.4. The van der Waals surface area contributed by atoms with Gasteiger partial charge in [-0.1, -0.05) is 5.16 Å². The third-order valence-corrected chi connectivity index (χ3v) is 3.89. The van der Waals surface area contributed by atoms with E-state index in [1.165, 1.54) is 18.4 Å². The molecule has 0 aromatic carbocycles. The van der Waals surface area contributed by atoms with Crippen molar-refractivity contribution in [3.63, 3.8) is 0 Å². The van der Waals surface area contributed by atoms with Crippen molar-refractivity contribution in [3.8, 4) is 0 Å². The van der Waals surface area contributed by atoms with Crippen molar-refractivity contribution < 1.29 is 4.52 Å². The molecule has 1 aliphatic heterocycles. The number of nitrogens with zero attached hydrogens (tertiary/aromatic N) is 4. The van der Waals surface area contributed by atoms with Crippen LogP contribution in [-0.4, -0.2) is 38.3 Å². The largest absolute Gasteiger partial charge is 0.361 e. The molecule has 1 fully saturated rings. The molecule has 0 bridgehead atoms. The fourth-order valence-corrected chi connectivity index (χ4v) is 2.79. The summed E-state index contributed by atoms with van der Waals surface area (Å²) in [6, 6.07) is 0. The SMILES string of the molecule is Cc1noc(C)c1CN1CCC[C@@H](c2ncn[nH]2)C1. The molecule has 1 saturated heterocycles. The first kappa shape index (κ1) is 12.3. The maximum Gasteiger partial charge on any atom is 0.138 e. The number of aromatic amines is 1. The molecule has 1 atom stereocenters. The number of hydrogen-bond donors (Lipinski definition) is 1. The van der Waals surface area contributed by atoms with Crippen LogP contribution in [0.2, 0.25) is 0 Å². The number of piperidine rings is 1. The van der Waals surface area contributed by atoms with Crippen molar-refractivity contribution in [2.75, 3.05) is 13.1 Å². The number of likely N-dealkylation sites (tertiary alicyclic amines) is 1. The Morgan fingerprint density at radius 2 is 2.37 bits per heavy atom. The first-order valence-corrected chi connectivity index (χ1v) is 6.73. The molecule has 0 radical (unpaired) electrons. The first-order chi connectivity index (χ1) is 9.24. The zero-order chi connectivity index (χ0) is 13.2. The summed E-state index contributed by atoms with van der Waals surface area (Å²) >= 11 is 0. The van der Waals surface area contributed by atoms with E-state index in [1.807, 2.05) is 13.8 Å². The molecule has 0 aliphatic carbocycles. The van der Waals surface area contributed by atoms with Gasteiger partial charge in [0.1, 0.15) is 17.9 Å². The van der Waals surface area contributed by atoms with E-state index in [1.54, 1.807) is 6.33 Å². The number of hydrogen-bond acceptors (Lipinski definition) is 5. The standard InChI is InChI=1S/C13H19N5O/c1-9-12(10(2)19-17-9)7-18-5-3-4-11(6-18)13-14-8-15-16-13/h8,11H,3-7H2,1-2H3,(H,14,15,16)/t11-/m1/s1. The van der Waals surface area contributed by atoms with Gasteiger partial charge in [-0.15, -0.1) is 0 Å². The van der Waals surface area contributed by atoms with Gasteiger partial charge in [-0.25, -0.2) is 4.98 Å². The summed E-state index contributed by atoms with van der Waals surface area (Å²) in [5.41, 5.74) is 2.22. The number of H-pyrrole nitrogens is 1. The quantitative estimate of drug-likeness (QED) is 0.912. The highest BCUT2D eigenvalue weighted by Gasteiger charge is 2.24. The highest BCUT2D eigenvalue weighted by molar-refractivity contribution is 5.20. The van der Waals surface area contributed by atoms with Crippen LogP contribution in [0.1, 0.15) is 41.6 Å². The molecule has 3 rings (SSSR count). The maximum atomic E-state index is 5.23. The molecule has 19 heavy (non-hydrogen) atoms. The summed E-state index contributed by atoms with van der Waals surface area (Å²) in [6.45, 7) is 7.02. The van der Waals surface area contributed by atoms with Crippen LogP contribution in [0.25, 0.3) is 0 Å². The molecular weight excluding hydrogens is 242 g/mol. The summed E-state index contributed by atoms with van der Waals surface area (Å²) in [7, 11) is 0. The van der Waals surface area contributed by atoms with E-state index in [2.05, 4.69) is 25.2 Å². The maximum absolute atomic E-state index is 5.23. The third-order valence-electron chi connectivity index (χ3n) is 3.89. The predicted octanol–water partition coefficient (Wildman–Crippen LogP) is 1.79. The Morgan fingerprint density at radius 3 is 3.05 bits per heavy atom. The van der Waals surface area contributed by atoms with E-state index in [9.17, 15) is 0 Å². The van der Waals surface area contributed by atoms with Gasteiger partial charge in [-0.2, -0.15) is 5.10 Å². The Kier molecular flexibility index (Phi) is 3.33. The Hall–Kier alpha value is -1.69. The summed E-state index contributed by atoms with van der Waals surface area (Å²) in [5.74, 6) is 2.39. The summed E-state index contributed by atoms with van der Waals surface area (Å²) < 4.78 is 5.23. The van der Waals surface area contributed by atoms with Crippen molar-refractivity contribution in [2.24, 2.45) is 0 Å². The molecule has 3 heterocycles. The zero-order valence-corrected chi connectivity index (χ0v) is 11.4. The van der Waals surface area contributed by atoms with Gasteiger partial charge in [0.15, 0.2) is 0 Å². The molecule has 1 N–H and O–H groups in total. The van der Waals surface area contributed by atoms with Gasteiger partial charge in [-0.3, -0.25) is 10.00 Å². The number of aryl methyl sites for hydroxylation is 2. The molecule has 1 aliphatic rings. The van der Waals surface area contributed by atoms with Crippen molar-refractivity contribution in [1.82, 2.24) is 25.2 Å². The van der Waals surface area contributed by atoms with Crippen molar-refractivity contribution >= 4 is 0 Å². The molecule has 102 valence electrons. The minimum atomic E-state index is 0.455. The van der Waals surface area contributed by atoms with E-state index < -0.39 is 0 Å². The molecule has 2 aromatic rings.